The Bertz CT molecular complexity index is 484. The van der Waals surface area contributed by atoms with E-state index in [9.17, 15) is 0 Å². The number of halogens is 2. The Morgan fingerprint density at radius 2 is 2.24 bits per heavy atom. The molecule has 0 spiro atoms. The van der Waals surface area contributed by atoms with Gasteiger partial charge in [0.25, 0.3) is 0 Å². The van der Waals surface area contributed by atoms with Crippen LogP contribution < -0.4 is 5.32 Å². The van der Waals surface area contributed by atoms with Crippen molar-refractivity contribution in [3.63, 3.8) is 0 Å². The summed E-state index contributed by atoms with van der Waals surface area (Å²) in [5, 5.41) is 3.48. The van der Waals surface area contributed by atoms with E-state index in [1.54, 1.807) is 12.5 Å². The molecule has 0 saturated heterocycles. The summed E-state index contributed by atoms with van der Waals surface area (Å²) >= 11 is 5.94. The zero-order valence-electron chi connectivity index (χ0n) is 9.41. The molecule has 2 rings (SSSR count). The fourth-order valence-corrected chi connectivity index (χ4v) is 2.78. The average molecular weight is 406 g/mol. The van der Waals surface area contributed by atoms with E-state index in [0.717, 1.165) is 16.6 Å². The Morgan fingerprint density at radius 1 is 1.41 bits per heavy atom. The summed E-state index contributed by atoms with van der Waals surface area (Å²) in [4.78, 5) is 0. The van der Waals surface area contributed by atoms with Crippen LogP contribution in [-0.4, -0.2) is 6.54 Å². The van der Waals surface area contributed by atoms with Crippen molar-refractivity contribution in [2.75, 3.05) is 6.54 Å². The molecule has 1 atom stereocenters. The molecule has 0 aliphatic heterocycles. The second kappa shape index (κ2) is 6.02. The van der Waals surface area contributed by atoms with Crippen molar-refractivity contribution in [2.45, 2.75) is 13.0 Å². The molecule has 0 amide bonds. The molecule has 0 bridgehead atoms. The molecule has 17 heavy (non-hydrogen) atoms. The van der Waals surface area contributed by atoms with Gasteiger partial charge < -0.3 is 9.73 Å². The number of rotatable bonds is 4. The van der Waals surface area contributed by atoms with Gasteiger partial charge in [-0.1, -0.05) is 22.9 Å². The standard InChI is InChI=1S/C13H13BrINO/c1-2-16-13(9-5-6-17-8-9)11-7-10(15)3-4-12(11)14/h3-8,13,16H,2H2,1H3. The molecule has 1 unspecified atom stereocenters. The molecule has 1 aromatic heterocycles. The van der Waals surface area contributed by atoms with Gasteiger partial charge in [-0.25, -0.2) is 0 Å². The Morgan fingerprint density at radius 3 is 2.88 bits per heavy atom. The Hall–Kier alpha value is -0.330. The fraction of sp³-hybridized carbons (Fsp3) is 0.231. The molecule has 1 N–H and O–H groups in total. The number of nitrogens with one attached hydrogen (secondary N) is 1. The second-order valence-corrected chi connectivity index (χ2v) is 5.81. The SMILES string of the molecule is CCNC(c1ccoc1)c1cc(I)ccc1Br. The fourth-order valence-electron chi connectivity index (χ4n) is 1.79. The third-order valence-electron chi connectivity index (χ3n) is 2.55. The Kier molecular flexibility index (Phi) is 4.64. The number of hydrogen-bond donors (Lipinski definition) is 1. The van der Waals surface area contributed by atoms with Crippen molar-refractivity contribution in [1.82, 2.24) is 5.32 Å². The largest absolute Gasteiger partial charge is 0.472 e. The van der Waals surface area contributed by atoms with Gasteiger partial charge in [0.1, 0.15) is 0 Å². The van der Waals surface area contributed by atoms with Crippen LogP contribution in [0.2, 0.25) is 0 Å². The maximum absolute atomic E-state index is 5.18. The molecular formula is C13H13BrINO. The van der Waals surface area contributed by atoms with Crippen LogP contribution >= 0.6 is 38.5 Å². The van der Waals surface area contributed by atoms with E-state index in [4.69, 9.17) is 4.42 Å². The smallest absolute Gasteiger partial charge is 0.0953 e. The van der Waals surface area contributed by atoms with Crippen molar-refractivity contribution in [2.24, 2.45) is 0 Å². The summed E-state index contributed by atoms with van der Waals surface area (Å²) in [6.45, 7) is 3.02. The summed E-state index contributed by atoms with van der Waals surface area (Å²) in [7, 11) is 0. The predicted molar refractivity (Wildman–Crippen MR) is 81.1 cm³/mol. The molecule has 0 aliphatic carbocycles. The highest BCUT2D eigenvalue weighted by Crippen LogP contribution is 2.30. The number of hydrogen-bond acceptors (Lipinski definition) is 2. The average Bonchev–Trinajstić information content (AvgIpc) is 2.83. The zero-order valence-corrected chi connectivity index (χ0v) is 13.2. The van der Waals surface area contributed by atoms with Crippen LogP contribution in [0.25, 0.3) is 0 Å². The monoisotopic (exact) mass is 405 g/mol. The van der Waals surface area contributed by atoms with Crippen molar-refractivity contribution >= 4 is 38.5 Å². The minimum absolute atomic E-state index is 0.169. The minimum Gasteiger partial charge on any atom is -0.472 e. The summed E-state index contributed by atoms with van der Waals surface area (Å²) < 4.78 is 7.52. The van der Waals surface area contributed by atoms with Crippen LogP contribution in [0.1, 0.15) is 24.1 Å². The molecular weight excluding hydrogens is 393 g/mol. The number of furan rings is 1. The lowest BCUT2D eigenvalue weighted by atomic mass is 10.0. The van der Waals surface area contributed by atoms with E-state index in [1.807, 2.05) is 6.07 Å². The van der Waals surface area contributed by atoms with Gasteiger partial charge in [0.05, 0.1) is 18.6 Å². The van der Waals surface area contributed by atoms with E-state index < -0.39 is 0 Å². The van der Waals surface area contributed by atoms with Crippen LogP contribution in [-0.2, 0) is 0 Å². The normalized spacial score (nSPS) is 12.6. The van der Waals surface area contributed by atoms with Gasteiger partial charge in [0.15, 0.2) is 0 Å². The first-order chi connectivity index (χ1) is 8.22. The quantitative estimate of drug-likeness (QED) is 0.765. The highest BCUT2D eigenvalue weighted by molar-refractivity contribution is 14.1. The van der Waals surface area contributed by atoms with Crippen molar-refractivity contribution in [1.29, 1.82) is 0 Å². The van der Waals surface area contributed by atoms with Gasteiger partial charge >= 0.3 is 0 Å². The minimum atomic E-state index is 0.169. The van der Waals surface area contributed by atoms with E-state index >= 15 is 0 Å². The van der Waals surface area contributed by atoms with E-state index in [-0.39, 0.29) is 6.04 Å². The molecule has 2 aromatic rings. The molecule has 0 aliphatic rings. The van der Waals surface area contributed by atoms with Gasteiger partial charge in [-0.05, 0) is 59.0 Å². The maximum Gasteiger partial charge on any atom is 0.0953 e. The predicted octanol–water partition coefficient (Wildman–Crippen LogP) is 4.35. The summed E-state index contributed by atoms with van der Waals surface area (Å²) in [6, 6.07) is 8.53. The van der Waals surface area contributed by atoms with Gasteiger partial charge in [-0.3, -0.25) is 0 Å². The van der Waals surface area contributed by atoms with Gasteiger partial charge in [0.2, 0.25) is 0 Å². The molecule has 0 saturated carbocycles. The molecule has 2 nitrogen and oxygen atoms in total. The van der Waals surface area contributed by atoms with Crippen LogP contribution in [0.4, 0.5) is 0 Å². The Labute approximate surface area is 123 Å². The lowest BCUT2D eigenvalue weighted by Gasteiger charge is -2.18. The summed E-state index contributed by atoms with van der Waals surface area (Å²) in [5.74, 6) is 0. The highest BCUT2D eigenvalue weighted by atomic mass is 127. The van der Waals surface area contributed by atoms with Crippen LogP contribution in [0.15, 0.2) is 45.7 Å². The third-order valence-corrected chi connectivity index (χ3v) is 3.95. The lowest BCUT2D eigenvalue weighted by Crippen LogP contribution is -2.22. The van der Waals surface area contributed by atoms with Crippen LogP contribution in [0.5, 0.6) is 0 Å². The van der Waals surface area contributed by atoms with Crippen molar-refractivity contribution < 1.29 is 4.42 Å². The van der Waals surface area contributed by atoms with Gasteiger partial charge in [0, 0.05) is 13.6 Å². The van der Waals surface area contributed by atoms with Gasteiger partial charge in [-0.15, -0.1) is 0 Å². The van der Waals surface area contributed by atoms with E-state index in [2.05, 4.69) is 69.0 Å². The topological polar surface area (TPSA) is 25.2 Å². The van der Waals surface area contributed by atoms with Crippen molar-refractivity contribution in [3.05, 3.63) is 56.0 Å². The highest BCUT2D eigenvalue weighted by Gasteiger charge is 2.17. The Balaban J connectivity index is 2.42. The lowest BCUT2D eigenvalue weighted by molar-refractivity contribution is 0.552. The van der Waals surface area contributed by atoms with E-state index in [0.29, 0.717) is 0 Å². The first-order valence-electron chi connectivity index (χ1n) is 5.42. The van der Waals surface area contributed by atoms with Gasteiger partial charge in [-0.2, -0.15) is 0 Å². The third kappa shape index (κ3) is 3.11. The molecule has 0 radical (unpaired) electrons. The molecule has 1 aromatic carbocycles. The first kappa shape index (κ1) is 13.1. The van der Waals surface area contributed by atoms with Crippen LogP contribution in [0, 0.1) is 3.57 Å². The summed E-state index contributed by atoms with van der Waals surface area (Å²) in [6.07, 6.45) is 3.50. The van der Waals surface area contributed by atoms with E-state index in [1.165, 1.54) is 9.13 Å². The van der Waals surface area contributed by atoms with Crippen LogP contribution in [0.3, 0.4) is 0 Å². The molecule has 4 heteroatoms. The molecule has 1 heterocycles. The molecule has 90 valence electrons. The number of benzene rings is 1. The summed E-state index contributed by atoms with van der Waals surface area (Å²) in [5.41, 5.74) is 2.38. The molecule has 0 fully saturated rings. The van der Waals surface area contributed by atoms with Crippen molar-refractivity contribution in [3.8, 4) is 0 Å². The maximum atomic E-state index is 5.18. The second-order valence-electron chi connectivity index (χ2n) is 3.71. The zero-order chi connectivity index (χ0) is 12.3. The first-order valence-corrected chi connectivity index (χ1v) is 7.30.